The number of hydrogen-bond donors (Lipinski definition) is 0. The smallest absolute Gasteiger partial charge is 0.245 e. The highest BCUT2D eigenvalue weighted by Gasteiger charge is 2.51. The molecule has 0 radical (unpaired) electrons. The molecule has 4 rings (SSSR count). The first-order chi connectivity index (χ1) is 19.1. The van der Waals surface area contributed by atoms with Gasteiger partial charge in [-0.3, -0.25) is 0 Å². The molecule has 2 aliphatic heterocycles. The van der Waals surface area contributed by atoms with Crippen LogP contribution in [-0.2, 0) is 24.8 Å². The van der Waals surface area contributed by atoms with Crippen LogP contribution >= 0.6 is 0 Å². The SMILES string of the molecule is CC#CC#CC#CC.[C-]#[N+]c1ccc(S(=O)(=O)N2CCOC23CCN(S(=O)(=O)c2ccc(C#N)cc2)CC3)cc1. The summed E-state index contributed by atoms with van der Waals surface area (Å²) in [5.74, 6) is 15.5. The summed E-state index contributed by atoms with van der Waals surface area (Å²) in [6.45, 7) is 11.1. The van der Waals surface area contributed by atoms with Gasteiger partial charge in [0.15, 0.2) is 5.69 Å². The lowest BCUT2D eigenvalue weighted by Gasteiger charge is -2.42. The molecule has 0 atom stereocenters. The molecule has 2 saturated heterocycles. The minimum Gasteiger partial charge on any atom is -0.358 e. The zero-order valence-corrected chi connectivity index (χ0v) is 23.6. The van der Waals surface area contributed by atoms with E-state index in [2.05, 4.69) is 40.4 Å². The quantitative estimate of drug-likeness (QED) is 0.409. The number of sulfonamides is 2. The van der Waals surface area contributed by atoms with Crippen molar-refractivity contribution in [3.8, 4) is 41.6 Å². The zero-order chi connectivity index (χ0) is 29.2. The van der Waals surface area contributed by atoms with Crippen LogP contribution in [0.15, 0.2) is 58.3 Å². The Balaban J connectivity index is 0.000000482. The lowest BCUT2D eigenvalue weighted by atomic mass is 10.0. The summed E-state index contributed by atoms with van der Waals surface area (Å²) >= 11 is 0. The third-order valence-corrected chi connectivity index (χ3v) is 10.1. The highest BCUT2D eigenvalue weighted by molar-refractivity contribution is 7.89. The Morgan fingerprint density at radius 2 is 1.35 bits per heavy atom. The molecule has 40 heavy (non-hydrogen) atoms. The van der Waals surface area contributed by atoms with Gasteiger partial charge < -0.3 is 4.74 Å². The molecular weight excluding hydrogens is 548 g/mol. The Labute approximate surface area is 236 Å². The van der Waals surface area contributed by atoms with E-state index in [0.717, 1.165) is 0 Å². The third kappa shape index (κ3) is 6.71. The summed E-state index contributed by atoms with van der Waals surface area (Å²) in [5, 5.41) is 8.91. The van der Waals surface area contributed by atoms with E-state index in [1.165, 1.54) is 57.1 Å². The Morgan fingerprint density at radius 3 is 1.85 bits per heavy atom. The van der Waals surface area contributed by atoms with Gasteiger partial charge in [0.1, 0.15) is 5.72 Å². The van der Waals surface area contributed by atoms with Crippen molar-refractivity contribution < 1.29 is 21.6 Å². The van der Waals surface area contributed by atoms with E-state index in [9.17, 15) is 16.8 Å². The molecule has 0 bridgehead atoms. The Bertz CT molecular complexity index is 1690. The van der Waals surface area contributed by atoms with Gasteiger partial charge in [0.25, 0.3) is 0 Å². The molecular formula is C29H26N4O5S2. The van der Waals surface area contributed by atoms with E-state index in [1.807, 2.05) is 6.07 Å². The minimum absolute atomic E-state index is 0.0717. The lowest BCUT2D eigenvalue weighted by Crippen LogP contribution is -2.55. The number of ether oxygens (including phenoxy) is 1. The molecule has 1 spiro atoms. The summed E-state index contributed by atoms with van der Waals surface area (Å²) in [6, 6.07) is 13.4. The van der Waals surface area contributed by atoms with Crippen LogP contribution in [-0.4, -0.2) is 57.4 Å². The van der Waals surface area contributed by atoms with Gasteiger partial charge in [-0.1, -0.05) is 36.1 Å². The predicted octanol–water partition coefficient (Wildman–Crippen LogP) is 3.35. The molecule has 2 heterocycles. The first kappa shape index (κ1) is 30.4. The number of piperidine rings is 1. The third-order valence-electron chi connectivity index (χ3n) is 6.24. The number of nitrogens with zero attached hydrogens (tertiary/aromatic N) is 4. The number of hydrogen-bond acceptors (Lipinski definition) is 6. The lowest BCUT2D eigenvalue weighted by molar-refractivity contribution is -0.0806. The molecule has 2 aliphatic rings. The molecule has 204 valence electrons. The zero-order valence-electron chi connectivity index (χ0n) is 22.0. The van der Waals surface area contributed by atoms with Crippen molar-refractivity contribution in [1.29, 1.82) is 5.26 Å². The van der Waals surface area contributed by atoms with Crippen LogP contribution < -0.4 is 0 Å². The molecule has 2 aromatic rings. The molecule has 9 nitrogen and oxygen atoms in total. The van der Waals surface area contributed by atoms with Crippen LogP contribution in [0.4, 0.5) is 5.69 Å². The first-order valence-corrected chi connectivity index (χ1v) is 15.0. The molecule has 0 amide bonds. The number of benzene rings is 2. The minimum atomic E-state index is -3.88. The second-order valence-electron chi connectivity index (χ2n) is 8.52. The van der Waals surface area contributed by atoms with Crippen LogP contribution in [0.3, 0.4) is 0 Å². The molecule has 0 unspecified atom stereocenters. The van der Waals surface area contributed by atoms with E-state index in [-0.39, 0.29) is 48.9 Å². The van der Waals surface area contributed by atoms with Gasteiger partial charge in [-0.05, 0) is 61.8 Å². The average molecular weight is 575 g/mol. The van der Waals surface area contributed by atoms with E-state index >= 15 is 0 Å². The normalized spacial score (nSPS) is 16.3. The van der Waals surface area contributed by atoms with Crippen molar-refractivity contribution in [3.05, 3.63) is 65.5 Å². The Hall–Kier alpha value is -4.12. The summed E-state index contributed by atoms with van der Waals surface area (Å²) in [4.78, 5) is 3.44. The summed E-state index contributed by atoms with van der Waals surface area (Å²) < 4.78 is 61.1. The Kier molecular flexibility index (Phi) is 10.1. The fourth-order valence-electron chi connectivity index (χ4n) is 4.26. The van der Waals surface area contributed by atoms with Gasteiger partial charge in [-0.2, -0.15) is 13.9 Å². The molecule has 0 aromatic heterocycles. The topological polar surface area (TPSA) is 112 Å². The van der Waals surface area contributed by atoms with Gasteiger partial charge >= 0.3 is 0 Å². The standard InChI is InChI=1S/C21H20N4O5S2.C8H6/c1-23-18-4-8-20(9-5-18)32(28,29)25-14-15-30-21(25)10-12-24(13-11-21)31(26,27)19-6-2-17(16-22)3-7-19;1-3-5-7-8-6-4-2/h2-9H,10-15H2;1-2H3. The van der Waals surface area contributed by atoms with Crippen molar-refractivity contribution in [2.75, 3.05) is 26.2 Å². The largest absolute Gasteiger partial charge is 0.358 e. The molecule has 2 fully saturated rings. The fraction of sp³-hybridized carbons (Fsp3) is 0.310. The summed E-state index contributed by atoms with van der Waals surface area (Å²) in [5.41, 5.74) is -0.391. The second-order valence-corrected chi connectivity index (χ2v) is 12.3. The first-order valence-electron chi connectivity index (χ1n) is 12.1. The highest BCUT2D eigenvalue weighted by Crippen LogP contribution is 2.39. The van der Waals surface area contributed by atoms with Crippen molar-refractivity contribution >= 4 is 25.7 Å². The summed E-state index contributed by atoms with van der Waals surface area (Å²) in [6.07, 6.45) is 0.393. The van der Waals surface area contributed by atoms with Gasteiger partial charge in [0.05, 0.1) is 34.6 Å². The fourth-order valence-corrected chi connectivity index (χ4v) is 7.43. The van der Waals surface area contributed by atoms with Gasteiger partial charge in [0.2, 0.25) is 20.0 Å². The maximum absolute atomic E-state index is 13.3. The molecule has 2 aromatic carbocycles. The van der Waals surface area contributed by atoms with Crippen LogP contribution in [0.2, 0.25) is 0 Å². The van der Waals surface area contributed by atoms with Crippen LogP contribution in [0, 0.1) is 53.4 Å². The predicted molar refractivity (Wildman–Crippen MR) is 149 cm³/mol. The van der Waals surface area contributed by atoms with Gasteiger partial charge in [0, 0.05) is 32.5 Å². The highest BCUT2D eigenvalue weighted by atomic mass is 32.2. The maximum Gasteiger partial charge on any atom is 0.245 e. The van der Waals surface area contributed by atoms with E-state index < -0.39 is 25.8 Å². The maximum atomic E-state index is 13.3. The van der Waals surface area contributed by atoms with Crippen molar-refractivity contribution in [1.82, 2.24) is 8.61 Å². The average Bonchev–Trinajstić information content (AvgIpc) is 3.39. The Morgan fingerprint density at radius 1 is 0.825 bits per heavy atom. The number of rotatable bonds is 4. The molecule has 11 heteroatoms. The van der Waals surface area contributed by atoms with Gasteiger partial charge in [-0.15, -0.1) is 0 Å². The van der Waals surface area contributed by atoms with Gasteiger partial charge in [-0.25, -0.2) is 21.7 Å². The number of nitriles is 1. The molecule has 0 N–H and O–H groups in total. The van der Waals surface area contributed by atoms with E-state index in [0.29, 0.717) is 11.3 Å². The molecule has 0 saturated carbocycles. The van der Waals surface area contributed by atoms with Crippen LogP contribution in [0.1, 0.15) is 32.3 Å². The van der Waals surface area contributed by atoms with Crippen molar-refractivity contribution in [3.63, 3.8) is 0 Å². The summed E-state index contributed by atoms with van der Waals surface area (Å²) in [7, 11) is -7.65. The molecule has 0 aliphatic carbocycles. The monoisotopic (exact) mass is 574 g/mol. The van der Waals surface area contributed by atoms with Crippen molar-refractivity contribution in [2.45, 2.75) is 42.2 Å². The van der Waals surface area contributed by atoms with Crippen LogP contribution in [0.5, 0.6) is 0 Å². The van der Waals surface area contributed by atoms with Crippen molar-refractivity contribution in [2.24, 2.45) is 0 Å². The van der Waals surface area contributed by atoms with E-state index in [4.69, 9.17) is 16.6 Å². The second kappa shape index (κ2) is 13.3. The van der Waals surface area contributed by atoms with E-state index in [1.54, 1.807) is 13.8 Å². The van der Waals surface area contributed by atoms with Crippen LogP contribution in [0.25, 0.3) is 4.85 Å².